The molecule has 5 nitrogen and oxygen atoms in total. The predicted octanol–water partition coefficient (Wildman–Crippen LogP) is 2.60. The quantitative estimate of drug-likeness (QED) is 0.822. The molecule has 0 unspecified atom stereocenters. The van der Waals surface area contributed by atoms with Crippen molar-refractivity contribution in [3.05, 3.63) is 34.9 Å². The Hall–Kier alpha value is -1.50. The number of hydrogen-bond donors (Lipinski definition) is 1. The summed E-state index contributed by atoms with van der Waals surface area (Å²) in [6.07, 6.45) is 1.70. The number of ether oxygens (including phenoxy) is 2. The molecule has 0 fully saturated rings. The van der Waals surface area contributed by atoms with Crippen molar-refractivity contribution in [1.82, 2.24) is 4.98 Å². The number of pyridine rings is 1. The molecule has 6 heteroatoms. The van der Waals surface area contributed by atoms with Crippen LogP contribution in [0.3, 0.4) is 0 Å². The zero-order valence-electron chi connectivity index (χ0n) is 11.1. The Morgan fingerprint density at radius 2 is 2.25 bits per heavy atom. The summed E-state index contributed by atoms with van der Waals surface area (Å²) in [5, 5.41) is 3.75. The van der Waals surface area contributed by atoms with Crippen molar-refractivity contribution < 1.29 is 14.3 Å². The van der Waals surface area contributed by atoms with E-state index in [2.05, 4.69) is 26.2 Å². The van der Waals surface area contributed by atoms with Gasteiger partial charge in [0.1, 0.15) is 6.61 Å². The minimum Gasteiger partial charge on any atom is -0.382 e. The zero-order valence-corrected chi connectivity index (χ0v) is 12.6. The maximum Gasteiger partial charge on any atom is 0.250 e. The van der Waals surface area contributed by atoms with Gasteiger partial charge >= 0.3 is 0 Å². The lowest BCUT2D eigenvalue weighted by atomic mass is 10.2. The van der Waals surface area contributed by atoms with Crippen LogP contribution in [-0.4, -0.2) is 37.8 Å². The molecule has 0 bridgehead atoms. The number of hydrogen-bond acceptors (Lipinski definition) is 4. The largest absolute Gasteiger partial charge is 0.382 e. The van der Waals surface area contributed by atoms with Gasteiger partial charge in [-0.1, -0.05) is 12.1 Å². The van der Waals surface area contributed by atoms with Gasteiger partial charge in [-0.2, -0.15) is 0 Å². The minimum atomic E-state index is -0.210. The average molecular weight is 339 g/mol. The van der Waals surface area contributed by atoms with Gasteiger partial charge in [0.25, 0.3) is 0 Å². The van der Waals surface area contributed by atoms with Gasteiger partial charge in [-0.3, -0.25) is 9.78 Å². The number of fused-ring (bicyclic) bond motifs is 1. The van der Waals surface area contributed by atoms with Crippen molar-refractivity contribution in [2.24, 2.45) is 0 Å². The minimum absolute atomic E-state index is 0.00369. The molecule has 1 amide bonds. The van der Waals surface area contributed by atoms with Gasteiger partial charge < -0.3 is 14.8 Å². The summed E-state index contributed by atoms with van der Waals surface area (Å²) in [5.41, 5.74) is 1.43. The number of anilines is 1. The molecule has 0 aliphatic heterocycles. The topological polar surface area (TPSA) is 60.5 Å². The molecule has 20 heavy (non-hydrogen) atoms. The second kappa shape index (κ2) is 7.33. The Morgan fingerprint density at radius 3 is 3.05 bits per heavy atom. The van der Waals surface area contributed by atoms with E-state index in [0.717, 1.165) is 15.4 Å². The third-order valence-electron chi connectivity index (χ3n) is 2.62. The van der Waals surface area contributed by atoms with E-state index in [9.17, 15) is 4.79 Å². The Bertz CT molecular complexity index is 604. The fourth-order valence-electron chi connectivity index (χ4n) is 1.73. The number of nitrogens with zero attached hydrogens (tertiary/aromatic N) is 1. The fourth-order valence-corrected chi connectivity index (χ4v) is 2.08. The van der Waals surface area contributed by atoms with E-state index in [4.69, 9.17) is 9.47 Å². The first-order chi connectivity index (χ1) is 9.70. The van der Waals surface area contributed by atoms with Crippen LogP contribution in [0.25, 0.3) is 10.9 Å². The third-order valence-corrected chi connectivity index (χ3v) is 3.05. The van der Waals surface area contributed by atoms with Crippen LogP contribution in [0.2, 0.25) is 0 Å². The van der Waals surface area contributed by atoms with Gasteiger partial charge in [-0.15, -0.1) is 0 Å². The zero-order chi connectivity index (χ0) is 14.4. The first-order valence-electron chi connectivity index (χ1n) is 6.11. The number of halogens is 1. The highest BCUT2D eigenvalue weighted by Crippen LogP contribution is 2.23. The summed E-state index contributed by atoms with van der Waals surface area (Å²) >= 11 is 3.38. The van der Waals surface area contributed by atoms with Gasteiger partial charge in [0.2, 0.25) is 5.91 Å². The highest BCUT2D eigenvalue weighted by Gasteiger charge is 2.07. The highest BCUT2D eigenvalue weighted by atomic mass is 79.9. The monoisotopic (exact) mass is 338 g/mol. The van der Waals surface area contributed by atoms with E-state index in [0.29, 0.717) is 18.9 Å². The van der Waals surface area contributed by atoms with Crippen molar-refractivity contribution in [1.29, 1.82) is 0 Å². The molecule has 1 aromatic heterocycles. The Morgan fingerprint density at radius 1 is 1.40 bits per heavy atom. The summed E-state index contributed by atoms with van der Waals surface area (Å²) in [5.74, 6) is -0.210. The smallest absolute Gasteiger partial charge is 0.250 e. The van der Waals surface area contributed by atoms with Gasteiger partial charge in [-0.05, 0) is 28.1 Å². The van der Waals surface area contributed by atoms with Crippen LogP contribution in [0.5, 0.6) is 0 Å². The second-order valence-electron chi connectivity index (χ2n) is 4.12. The van der Waals surface area contributed by atoms with E-state index in [1.807, 2.05) is 24.3 Å². The van der Waals surface area contributed by atoms with E-state index in [-0.39, 0.29) is 12.5 Å². The fraction of sp³-hybridized carbons (Fsp3) is 0.286. The van der Waals surface area contributed by atoms with Crippen LogP contribution in [0.15, 0.2) is 34.9 Å². The van der Waals surface area contributed by atoms with Crippen molar-refractivity contribution in [3.8, 4) is 0 Å². The number of benzene rings is 1. The molecule has 2 rings (SSSR count). The van der Waals surface area contributed by atoms with Crippen LogP contribution < -0.4 is 5.32 Å². The van der Waals surface area contributed by atoms with Crippen molar-refractivity contribution >= 4 is 38.4 Å². The molecule has 0 aliphatic carbocycles. The molecule has 0 saturated heterocycles. The highest BCUT2D eigenvalue weighted by molar-refractivity contribution is 9.10. The van der Waals surface area contributed by atoms with Gasteiger partial charge in [-0.25, -0.2) is 0 Å². The van der Waals surface area contributed by atoms with E-state index < -0.39 is 0 Å². The van der Waals surface area contributed by atoms with E-state index in [1.165, 1.54) is 0 Å². The van der Waals surface area contributed by atoms with Crippen LogP contribution in [0, 0.1) is 0 Å². The molecule has 0 aliphatic rings. The maximum absolute atomic E-state index is 11.8. The summed E-state index contributed by atoms with van der Waals surface area (Å²) in [6.45, 7) is 0.859. The first-order valence-corrected chi connectivity index (χ1v) is 6.91. The van der Waals surface area contributed by atoms with Crippen LogP contribution in [0.1, 0.15) is 0 Å². The van der Waals surface area contributed by atoms with E-state index in [1.54, 1.807) is 13.3 Å². The van der Waals surface area contributed by atoms with Gasteiger partial charge in [0.15, 0.2) is 0 Å². The molecule has 0 saturated carbocycles. The normalized spacial score (nSPS) is 10.7. The first kappa shape index (κ1) is 14.9. The van der Waals surface area contributed by atoms with Crippen LogP contribution in [-0.2, 0) is 14.3 Å². The molecule has 1 heterocycles. The Labute approximate surface area is 125 Å². The summed E-state index contributed by atoms with van der Waals surface area (Å²) in [6, 6.07) is 7.58. The lowest BCUT2D eigenvalue weighted by molar-refractivity contribution is -0.121. The summed E-state index contributed by atoms with van der Waals surface area (Å²) in [4.78, 5) is 16.1. The summed E-state index contributed by atoms with van der Waals surface area (Å²) < 4.78 is 10.9. The van der Waals surface area contributed by atoms with Crippen molar-refractivity contribution in [2.45, 2.75) is 0 Å². The third kappa shape index (κ3) is 4.00. The number of carbonyl (C=O) groups excluding carboxylic acids is 1. The number of rotatable bonds is 6. The number of aromatic nitrogens is 1. The van der Waals surface area contributed by atoms with Crippen LogP contribution in [0.4, 0.5) is 5.69 Å². The predicted molar refractivity (Wildman–Crippen MR) is 80.8 cm³/mol. The maximum atomic E-state index is 11.8. The Kier molecular flexibility index (Phi) is 5.46. The van der Waals surface area contributed by atoms with Crippen molar-refractivity contribution in [2.75, 3.05) is 32.2 Å². The molecular formula is C14H15BrN2O3. The standard InChI is InChI=1S/C14H15BrN2O3/c1-19-5-6-20-9-13(18)17-12-4-2-3-10-7-11(15)8-16-14(10)12/h2-4,7-8H,5-6,9H2,1H3,(H,17,18). The molecule has 2 aromatic rings. The van der Waals surface area contributed by atoms with Crippen LogP contribution >= 0.6 is 15.9 Å². The molecule has 1 N–H and O–H groups in total. The molecular weight excluding hydrogens is 324 g/mol. The Balaban J connectivity index is 2.04. The molecule has 106 valence electrons. The lowest BCUT2D eigenvalue weighted by Crippen LogP contribution is -2.19. The molecule has 0 spiro atoms. The van der Waals surface area contributed by atoms with Crippen molar-refractivity contribution in [3.63, 3.8) is 0 Å². The van der Waals surface area contributed by atoms with Gasteiger partial charge in [0.05, 0.1) is 24.4 Å². The average Bonchev–Trinajstić information content (AvgIpc) is 2.43. The number of para-hydroxylation sites is 1. The summed E-state index contributed by atoms with van der Waals surface area (Å²) in [7, 11) is 1.59. The molecule has 0 atom stereocenters. The number of nitrogens with one attached hydrogen (secondary N) is 1. The van der Waals surface area contributed by atoms with Gasteiger partial charge in [0, 0.05) is 23.2 Å². The lowest BCUT2D eigenvalue weighted by Gasteiger charge is -2.08. The SMILES string of the molecule is COCCOCC(=O)Nc1cccc2cc(Br)cnc12. The second-order valence-corrected chi connectivity index (χ2v) is 5.04. The molecule has 1 aromatic carbocycles. The number of amides is 1. The van der Waals surface area contributed by atoms with E-state index >= 15 is 0 Å². The number of carbonyl (C=O) groups is 1. The number of methoxy groups -OCH3 is 1. The molecule has 0 radical (unpaired) electrons.